The minimum absolute atomic E-state index is 0.173. The second-order valence-corrected chi connectivity index (χ2v) is 6.59. The highest BCUT2D eigenvalue weighted by Crippen LogP contribution is 2.37. The Morgan fingerprint density at radius 1 is 1.05 bits per heavy atom. The summed E-state index contributed by atoms with van der Waals surface area (Å²) in [7, 11) is 0. The van der Waals surface area contributed by atoms with Crippen LogP contribution in [0.15, 0.2) is 36.4 Å². The van der Waals surface area contributed by atoms with E-state index in [-0.39, 0.29) is 4.83 Å². The molecule has 19 heavy (non-hydrogen) atoms. The third-order valence-electron chi connectivity index (χ3n) is 3.84. The minimum Gasteiger partial charge on any atom is -0.0840 e. The fraction of sp³-hybridized carbons (Fsp3) is 0.294. The molecule has 2 aromatic rings. The summed E-state index contributed by atoms with van der Waals surface area (Å²) < 4.78 is 0. The summed E-state index contributed by atoms with van der Waals surface area (Å²) in [6.45, 7) is 2.06. The van der Waals surface area contributed by atoms with E-state index in [9.17, 15) is 0 Å². The first kappa shape index (κ1) is 13.2. The fourth-order valence-electron chi connectivity index (χ4n) is 2.77. The fourth-order valence-corrected chi connectivity index (χ4v) is 3.93. The lowest BCUT2D eigenvalue weighted by atomic mass is 10.00. The Labute approximate surface area is 127 Å². The largest absolute Gasteiger partial charge is 0.0840 e. The molecule has 1 aliphatic carbocycles. The van der Waals surface area contributed by atoms with Crippen LogP contribution in [0.1, 0.15) is 39.1 Å². The molecular weight excluding hydrogens is 320 g/mol. The van der Waals surface area contributed by atoms with Crippen molar-refractivity contribution in [1.82, 2.24) is 0 Å². The normalized spacial score (nSPS) is 15.3. The molecule has 0 fully saturated rings. The first-order valence-electron chi connectivity index (χ1n) is 6.67. The topological polar surface area (TPSA) is 0 Å². The van der Waals surface area contributed by atoms with Crippen LogP contribution in [0.5, 0.6) is 0 Å². The average Bonchev–Trinajstić information content (AvgIpc) is 2.85. The predicted molar refractivity (Wildman–Crippen MR) is 85.4 cm³/mol. The molecule has 0 nitrogen and oxygen atoms in total. The van der Waals surface area contributed by atoms with E-state index in [1.165, 1.54) is 41.5 Å². The van der Waals surface area contributed by atoms with Gasteiger partial charge in [-0.2, -0.15) is 0 Å². The molecule has 98 valence electrons. The molecule has 1 aliphatic rings. The van der Waals surface area contributed by atoms with Crippen molar-refractivity contribution in [2.24, 2.45) is 0 Å². The molecule has 0 aliphatic heterocycles. The molecule has 3 rings (SSSR count). The van der Waals surface area contributed by atoms with Gasteiger partial charge in [-0.1, -0.05) is 57.9 Å². The lowest BCUT2D eigenvalue weighted by Gasteiger charge is -2.14. The van der Waals surface area contributed by atoms with Crippen LogP contribution in [0.2, 0.25) is 5.02 Å². The predicted octanol–water partition coefficient (Wildman–Crippen LogP) is 5.62. The van der Waals surface area contributed by atoms with Gasteiger partial charge < -0.3 is 0 Å². The van der Waals surface area contributed by atoms with E-state index < -0.39 is 0 Å². The lowest BCUT2D eigenvalue weighted by molar-refractivity contribution is 0.911. The average molecular weight is 336 g/mol. The van der Waals surface area contributed by atoms with Gasteiger partial charge >= 0.3 is 0 Å². The number of benzene rings is 2. The molecule has 0 radical (unpaired) electrons. The summed E-state index contributed by atoms with van der Waals surface area (Å²) >= 11 is 10.2. The van der Waals surface area contributed by atoms with Gasteiger partial charge in [-0.3, -0.25) is 0 Å². The van der Waals surface area contributed by atoms with Gasteiger partial charge in [0.05, 0.1) is 4.83 Å². The highest BCUT2D eigenvalue weighted by Gasteiger charge is 2.17. The SMILES string of the molecule is Cc1ccc(C(Br)c2ccc3c(c2)CCC3)c(Cl)c1. The Morgan fingerprint density at radius 3 is 2.63 bits per heavy atom. The third-order valence-corrected chi connectivity index (χ3v) is 5.19. The van der Waals surface area contributed by atoms with Gasteiger partial charge in [0.25, 0.3) is 0 Å². The van der Waals surface area contributed by atoms with Crippen LogP contribution >= 0.6 is 27.5 Å². The van der Waals surface area contributed by atoms with Crippen LogP contribution in [0.4, 0.5) is 0 Å². The summed E-state index contributed by atoms with van der Waals surface area (Å²) in [5.74, 6) is 0. The molecule has 0 amide bonds. The van der Waals surface area contributed by atoms with Crippen molar-refractivity contribution in [3.63, 3.8) is 0 Å². The van der Waals surface area contributed by atoms with Crippen LogP contribution < -0.4 is 0 Å². The Morgan fingerprint density at radius 2 is 1.84 bits per heavy atom. The summed E-state index contributed by atoms with van der Waals surface area (Å²) in [6.07, 6.45) is 3.73. The molecule has 0 N–H and O–H groups in total. The van der Waals surface area contributed by atoms with Gasteiger partial charge in [0.1, 0.15) is 0 Å². The number of aryl methyl sites for hydroxylation is 3. The Balaban J connectivity index is 1.97. The molecule has 0 bridgehead atoms. The first-order chi connectivity index (χ1) is 9.15. The van der Waals surface area contributed by atoms with Crippen molar-refractivity contribution in [1.29, 1.82) is 0 Å². The van der Waals surface area contributed by atoms with Gasteiger partial charge in [-0.05, 0) is 60.1 Å². The maximum absolute atomic E-state index is 6.36. The molecule has 0 saturated carbocycles. The van der Waals surface area contributed by atoms with Crippen LogP contribution in [-0.4, -0.2) is 0 Å². The maximum atomic E-state index is 6.36. The monoisotopic (exact) mass is 334 g/mol. The smallest absolute Gasteiger partial charge is 0.0659 e. The van der Waals surface area contributed by atoms with Crippen LogP contribution in [0.25, 0.3) is 0 Å². The second kappa shape index (κ2) is 5.30. The lowest BCUT2D eigenvalue weighted by Crippen LogP contribution is -1.96. The first-order valence-corrected chi connectivity index (χ1v) is 7.96. The van der Waals surface area contributed by atoms with Gasteiger partial charge in [0.2, 0.25) is 0 Å². The summed E-state index contributed by atoms with van der Waals surface area (Å²) in [5, 5.41) is 0.836. The zero-order valence-electron chi connectivity index (χ0n) is 10.9. The zero-order chi connectivity index (χ0) is 13.4. The van der Waals surface area contributed by atoms with Crippen molar-refractivity contribution in [3.8, 4) is 0 Å². The highest BCUT2D eigenvalue weighted by atomic mass is 79.9. The van der Waals surface area contributed by atoms with Crippen molar-refractivity contribution in [2.45, 2.75) is 31.0 Å². The Kier molecular flexibility index (Phi) is 3.68. The van der Waals surface area contributed by atoms with Crippen molar-refractivity contribution in [3.05, 3.63) is 69.2 Å². The quantitative estimate of drug-likeness (QED) is 0.625. The van der Waals surface area contributed by atoms with Crippen molar-refractivity contribution in [2.75, 3.05) is 0 Å². The van der Waals surface area contributed by atoms with Crippen LogP contribution in [-0.2, 0) is 12.8 Å². The number of rotatable bonds is 2. The molecule has 0 heterocycles. The molecule has 0 spiro atoms. The maximum Gasteiger partial charge on any atom is 0.0659 e. The van der Waals surface area contributed by atoms with Crippen LogP contribution in [0, 0.1) is 6.92 Å². The summed E-state index contributed by atoms with van der Waals surface area (Å²) in [4.78, 5) is 0.173. The van der Waals surface area contributed by atoms with Gasteiger partial charge in [-0.15, -0.1) is 0 Å². The third kappa shape index (κ3) is 2.59. The number of hydrogen-bond acceptors (Lipinski definition) is 0. The Bertz CT molecular complexity index is 619. The second-order valence-electron chi connectivity index (χ2n) is 5.27. The van der Waals surface area contributed by atoms with E-state index in [0.29, 0.717) is 0 Å². The zero-order valence-corrected chi connectivity index (χ0v) is 13.3. The van der Waals surface area contributed by atoms with E-state index in [2.05, 4.69) is 53.2 Å². The summed E-state index contributed by atoms with van der Waals surface area (Å²) in [6, 6.07) is 13.1. The van der Waals surface area contributed by atoms with E-state index in [4.69, 9.17) is 11.6 Å². The van der Waals surface area contributed by atoms with Crippen molar-refractivity contribution >= 4 is 27.5 Å². The highest BCUT2D eigenvalue weighted by molar-refractivity contribution is 9.09. The van der Waals surface area contributed by atoms with Gasteiger partial charge in [0, 0.05) is 5.02 Å². The van der Waals surface area contributed by atoms with E-state index in [0.717, 1.165) is 10.6 Å². The number of hydrogen-bond donors (Lipinski definition) is 0. The summed E-state index contributed by atoms with van der Waals surface area (Å²) in [5.41, 5.74) is 6.66. The Hall–Kier alpha value is -0.790. The van der Waals surface area contributed by atoms with E-state index >= 15 is 0 Å². The molecule has 2 heteroatoms. The number of halogens is 2. The van der Waals surface area contributed by atoms with Crippen molar-refractivity contribution < 1.29 is 0 Å². The minimum atomic E-state index is 0.173. The van der Waals surface area contributed by atoms with Crippen LogP contribution in [0.3, 0.4) is 0 Å². The number of alkyl halides is 1. The molecule has 1 unspecified atom stereocenters. The molecule has 2 aromatic carbocycles. The van der Waals surface area contributed by atoms with E-state index in [1.54, 1.807) is 0 Å². The molecule has 0 aromatic heterocycles. The standard InChI is InChI=1S/C17H16BrCl/c1-11-5-8-15(16(19)9-11)17(18)14-7-6-12-3-2-4-13(12)10-14/h5-10,17H,2-4H2,1H3. The molecular formula is C17H16BrCl. The number of fused-ring (bicyclic) bond motifs is 1. The van der Waals surface area contributed by atoms with Gasteiger partial charge in [-0.25, -0.2) is 0 Å². The van der Waals surface area contributed by atoms with E-state index in [1.807, 2.05) is 6.07 Å². The van der Waals surface area contributed by atoms with Gasteiger partial charge in [0.15, 0.2) is 0 Å². The molecule has 0 saturated heterocycles. The molecule has 1 atom stereocenters.